The number of anilines is 1. The minimum absolute atomic E-state index is 0.0391. The summed E-state index contributed by atoms with van der Waals surface area (Å²) in [4.78, 5) is 27.0. The second-order valence-electron chi connectivity index (χ2n) is 6.48. The number of ether oxygens (including phenoxy) is 1. The lowest BCUT2D eigenvalue weighted by Crippen LogP contribution is -2.33. The number of halogens is 2. The zero-order chi connectivity index (χ0) is 20.3. The molecule has 5 nitrogen and oxygen atoms in total. The van der Waals surface area contributed by atoms with Crippen LogP contribution in [-0.2, 0) is 14.3 Å². The maximum Gasteiger partial charge on any atom is 0.278 e. The van der Waals surface area contributed by atoms with Gasteiger partial charge in [0.15, 0.2) is 11.6 Å². The highest BCUT2D eigenvalue weighted by molar-refractivity contribution is 6.36. The fourth-order valence-corrected chi connectivity index (χ4v) is 2.97. The van der Waals surface area contributed by atoms with E-state index in [9.17, 15) is 18.4 Å². The molecule has 0 saturated carbocycles. The third kappa shape index (κ3) is 3.94. The highest BCUT2D eigenvalue weighted by atomic mass is 19.2. The van der Waals surface area contributed by atoms with Crippen LogP contribution in [0, 0.1) is 18.6 Å². The number of methoxy groups -OCH3 is 1. The van der Waals surface area contributed by atoms with Gasteiger partial charge in [-0.05, 0) is 31.0 Å². The summed E-state index contributed by atoms with van der Waals surface area (Å²) in [7, 11) is 1.54. The molecule has 2 aromatic carbocycles. The molecule has 0 fully saturated rings. The molecule has 0 atom stereocenters. The molecule has 1 aliphatic heterocycles. The molecule has 0 aliphatic carbocycles. The highest BCUT2D eigenvalue weighted by Crippen LogP contribution is 2.31. The first kappa shape index (κ1) is 19.7. The Hall–Kier alpha value is -3.06. The summed E-state index contributed by atoms with van der Waals surface area (Å²) in [6.07, 6.45) is 0.494. The van der Waals surface area contributed by atoms with Crippen LogP contribution < -0.4 is 5.32 Å². The predicted octanol–water partition coefficient (Wildman–Crippen LogP) is 3.50. The lowest BCUT2D eigenvalue weighted by atomic mass is 10.0. The molecule has 1 heterocycles. The first-order chi connectivity index (χ1) is 13.4. The number of nitrogens with one attached hydrogen (secondary N) is 1. The third-order valence-corrected chi connectivity index (χ3v) is 4.43. The van der Waals surface area contributed by atoms with Crippen LogP contribution in [0.5, 0.6) is 0 Å². The fraction of sp³-hybridized carbons (Fsp3) is 0.238. The van der Waals surface area contributed by atoms with E-state index in [1.165, 1.54) is 6.07 Å². The molecular weight excluding hydrogens is 366 g/mol. The van der Waals surface area contributed by atoms with E-state index in [1.807, 2.05) is 19.1 Å². The van der Waals surface area contributed by atoms with E-state index in [1.54, 1.807) is 19.2 Å². The van der Waals surface area contributed by atoms with Crippen molar-refractivity contribution in [1.82, 2.24) is 4.90 Å². The van der Waals surface area contributed by atoms with Crippen LogP contribution in [0.15, 0.2) is 48.2 Å². The lowest BCUT2D eigenvalue weighted by Gasteiger charge is -2.15. The Kier molecular flexibility index (Phi) is 5.84. The summed E-state index contributed by atoms with van der Waals surface area (Å²) in [5, 5.41) is 2.80. The molecule has 28 heavy (non-hydrogen) atoms. The van der Waals surface area contributed by atoms with E-state index >= 15 is 0 Å². The van der Waals surface area contributed by atoms with Crippen LogP contribution in [0.1, 0.15) is 17.5 Å². The summed E-state index contributed by atoms with van der Waals surface area (Å²) in [6, 6.07) is 10.4. The minimum atomic E-state index is -1.05. The van der Waals surface area contributed by atoms with Crippen molar-refractivity contribution in [3.8, 4) is 0 Å². The van der Waals surface area contributed by atoms with Gasteiger partial charge in [0.05, 0.1) is 5.57 Å². The van der Waals surface area contributed by atoms with Crippen molar-refractivity contribution < 1.29 is 23.1 Å². The van der Waals surface area contributed by atoms with E-state index in [0.717, 1.165) is 22.6 Å². The number of imide groups is 1. The van der Waals surface area contributed by atoms with Gasteiger partial charge in [-0.25, -0.2) is 8.78 Å². The smallest absolute Gasteiger partial charge is 0.278 e. The normalized spacial score (nSPS) is 14.2. The number of carbonyl (C=O) groups is 2. The van der Waals surface area contributed by atoms with E-state index in [4.69, 9.17) is 4.74 Å². The van der Waals surface area contributed by atoms with Crippen LogP contribution in [-0.4, -0.2) is 37.0 Å². The molecule has 0 saturated heterocycles. The Labute approximate surface area is 161 Å². The molecule has 2 amide bonds. The van der Waals surface area contributed by atoms with E-state index in [-0.39, 0.29) is 23.5 Å². The van der Waals surface area contributed by atoms with Crippen LogP contribution >= 0.6 is 0 Å². The van der Waals surface area contributed by atoms with Crippen molar-refractivity contribution in [2.45, 2.75) is 13.3 Å². The molecule has 1 N–H and O–H groups in total. The molecule has 0 unspecified atom stereocenters. The number of amides is 2. The average Bonchev–Trinajstić information content (AvgIpc) is 2.90. The second kappa shape index (κ2) is 8.31. The molecule has 0 bridgehead atoms. The Morgan fingerprint density at radius 3 is 2.36 bits per heavy atom. The monoisotopic (exact) mass is 386 g/mol. The number of nitrogens with zero attached hydrogens (tertiary/aromatic N) is 1. The van der Waals surface area contributed by atoms with Gasteiger partial charge in [-0.1, -0.05) is 29.8 Å². The van der Waals surface area contributed by atoms with Gasteiger partial charge in [0.1, 0.15) is 5.70 Å². The van der Waals surface area contributed by atoms with Crippen molar-refractivity contribution in [1.29, 1.82) is 0 Å². The zero-order valence-electron chi connectivity index (χ0n) is 15.6. The maximum absolute atomic E-state index is 13.6. The van der Waals surface area contributed by atoms with Crippen LogP contribution in [0.3, 0.4) is 0 Å². The van der Waals surface area contributed by atoms with E-state index in [2.05, 4.69) is 5.32 Å². The molecular formula is C21H20F2N2O3. The number of benzene rings is 2. The Balaban J connectivity index is 1.99. The molecule has 146 valence electrons. The Morgan fingerprint density at radius 1 is 1.00 bits per heavy atom. The first-order valence-corrected chi connectivity index (χ1v) is 8.81. The van der Waals surface area contributed by atoms with Gasteiger partial charge in [0.2, 0.25) is 0 Å². The second-order valence-corrected chi connectivity index (χ2v) is 6.48. The molecule has 1 aliphatic rings. The molecule has 2 aromatic rings. The molecule has 0 aromatic heterocycles. The summed E-state index contributed by atoms with van der Waals surface area (Å²) in [5.41, 5.74) is 2.00. The SMILES string of the molecule is COCCCN1C(=O)C(Nc2ccc(F)c(F)c2)=C(c2ccc(C)cc2)C1=O. The van der Waals surface area contributed by atoms with Crippen LogP contribution in [0.2, 0.25) is 0 Å². The van der Waals surface area contributed by atoms with Gasteiger partial charge in [-0.15, -0.1) is 0 Å². The summed E-state index contributed by atoms with van der Waals surface area (Å²) < 4.78 is 31.8. The molecule has 0 spiro atoms. The van der Waals surface area contributed by atoms with Crippen molar-refractivity contribution in [3.05, 3.63) is 70.9 Å². The predicted molar refractivity (Wildman–Crippen MR) is 101 cm³/mol. The van der Waals surface area contributed by atoms with Gasteiger partial charge >= 0.3 is 0 Å². The first-order valence-electron chi connectivity index (χ1n) is 8.81. The van der Waals surface area contributed by atoms with E-state index in [0.29, 0.717) is 18.6 Å². The highest BCUT2D eigenvalue weighted by Gasteiger charge is 2.38. The van der Waals surface area contributed by atoms with Crippen molar-refractivity contribution in [2.24, 2.45) is 0 Å². The average molecular weight is 386 g/mol. The molecule has 7 heteroatoms. The van der Waals surface area contributed by atoms with Crippen LogP contribution in [0.4, 0.5) is 14.5 Å². The summed E-state index contributed by atoms with van der Waals surface area (Å²) in [6.45, 7) is 2.52. The number of rotatable bonds is 7. The fourth-order valence-electron chi connectivity index (χ4n) is 2.97. The van der Waals surface area contributed by atoms with Crippen molar-refractivity contribution >= 4 is 23.1 Å². The molecule has 3 rings (SSSR count). The lowest BCUT2D eigenvalue weighted by molar-refractivity contribution is -0.136. The Morgan fingerprint density at radius 2 is 1.71 bits per heavy atom. The number of hydrogen-bond acceptors (Lipinski definition) is 4. The standard InChI is InChI=1S/C21H20F2N2O3/c1-13-4-6-14(7-5-13)18-19(24-15-8-9-16(22)17(23)12-15)21(27)25(20(18)26)10-3-11-28-2/h4-9,12,24H,3,10-11H2,1-2H3. The quantitative estimate of drug-likeness (QED) is 0.585. The van der Waals surface area contributed by atoms with Gasteiger partial charge in [0.25, 0.3) is 11.8 Å². The summed E-state index contributed by atoms with van der Waals surface area (Å²) >= 11 is 0. The number of carbonyl (C=O) groups excluding carboxylic acids is 2. The number of aryl methyl sites for hydroxylation is 1. The van der Waals surface area contributed by atoms with Crippen molar-refractivity contribution in [2.75, 3.05) is 25.6 Å². The largest absolute Gasteiger partial charge is 0.385 e. The van der Waals surface area contributed by atoms with Gasteiger partial charge in [0, 0.05) is 32.0 Å². The topological polar surface area (TPSA) is 58.6 Å². The van der Waals surface area contributed by atoms with Gasteiger partial charge in [-0.3, -0.25) is 14.5 Å². The maximum atomic E-state index is 13.6. The van der Waals surface area contributed by atoms with Gasteiger partial charge < -0.3 is 10.1 Å². The van der Waals surface area contributed by atoms with Gasteiger partial charge in [-0.2, -0.15) is 0 Å². The Bertz CT molecular complexity index is 939. The third-order valence-electron chi connectivity index (χ3n) is 4.43. The van der Waals surface area contributed by atoms with Crippen LogP contribution in [0.25, 0.3) is 5.57 Å². The minimum Gasteiger partial charge on any atom is -0.385 e. The number of hydrogen-bond donors (Lipinski definition) is 1. The van der Waals surface area contributed by atoms with Crippen molar-refractivity contribution in [3.63, 3.8) is 0 Å². The van der Waals surface area contributed by atoms with E-state index < -0.39 is 23.4 Å². The molecule has 0 radical (unpaired) electrons. The summed E-state index contributed by atoms with van der Waals surface area (Å²) in [5.74, 6) is -2.99. The zero-order valence-corrected chi connectivity index (χ0v) is 15.6.